The molecule has 0 spiro atoms. The Balaban J connectivity index is 1.98. The summed E-state index contributed by atoms with van der Waals surface area (Å²) in [5.74, 6) is 2.42. The maximum Gasteiger partial charge on any atom is 0.224 e. The van der Waals surface area contributed by atoms with Crippen LogP contribution in [-0.4, -0.2) is 36.6 Å². The molecule has 106 valence electrons. The molecular formula is C14H25N5. The summed E-state index contributed by atoms with van der Waals surface area (Å²) in [6, 6.07) is 0.487. The Morgan fingerprint density at radius 2 is 2.00 bits per heavy atom. The van der Waals surface area contributed by atoms with Crippen LogP contribution in [0.15, 0.2) is 6.20 Å². The highest BCUT2D eigenvalue weighted by Gasteiger charge is 2.20. The second-order valence-electron chi connectivity index (χ2n) is 5.69. The summed E-state index contributed by atoms with van der Waals surface area (Å²) in [5, 5.41) is 3.46. The lowest BCUT2D eigenvalue weighted by Gasteiger charge is -2.28. The van der Waals surface area contributed by atoms with Crippen molar-refractivity contribution in [2.75, 3.05) is 30.9 Å². The summed E-state index contributed by atoms with van der Waals surface area (Å²) >= 11 is 0. The van der Waals surface area contributed by atoms with Crippen LogP contribution in [0.25, 0.3) is 0 Å². The van der Waals surface area contributed by atoms with Crippen LogP contribution in [0.1, 0.15) is 31.2 Å². The highest BCUT2D eigenvalue weighted by atomic mass is 15.2. The van der Waals surface area contributed by atoms with Gasteiger partial charge in [0, 0.05) is 31.9 Å². The number of hydrogen-bond acceptors (Lipinski definition) is 5. The number of nitrogens with one attached hydrogen (secondary N) is 1. The molecule has 0 unspecified atom stereocenters. The van der Waals surface area contributed by atoms with Crippen LogP contribution in [0.4, 0.5) is 11.8 Å². The smallest absolute Gasteiger partial charge is 0.224 e. The fourth-order valence-corrected chi connectivity index (χ4v) is 2.68. The minimum absolute atomic E-state index is 0.487. The third-order valence-corrected chi connectivity index (χ3v) is 3.88. The lowest BCUT2D eigenvalue weighted by atomic mass is 9.86. The molecule has 1 heterocycles. The van der Waals surface area contributed by atoms with E-state index in [1.807, 2.05) is 32.1 Å². The van der Waals surface area contributed by atoms with Crippen molar-refractivity contribution in [2.24, 2.45) is 11.7 Å². The SMILES string of the molecule is Cc1cnc(NC2CCC(CN)CC2)nc1N(C)C. The molecule has 5 nitrogen and oxygen atoms in total. The first-order chi connectivity index (χ1) is 9.10. The first-order valence-electron chi connectivity index (χ1n) is 7.07. The summed E-state index contributed by atoms with van der Waals surface area (Å²) in [4.78, 5) is 11.0. The lowest BCUT2D eigenvalue weighted by Crippen LogP contribution is -2.30. The number of anilines is 2. The second-order valence-corrected chi connectivity index (χ2v) is 5.69. The molecule has 0 amide bonds. The summed E-state index contributed by atoms with van der Waals surface area (Å²) in [7, 11) is 4.01. The quantitative estimate of drug-likeness (QED) is 0.866. The van der Waals surface area contributed by atoms with Crippen LogP contribution < -0.4 is 16.0 Å². The molecule has 1 aliphatic rings. The van der Waals surface area contributed by atoms with Gasteiger partial charge in [0.15, 0.2) is 0 Å². The molecule has 0 bridgehead atoms. The van der Waals surface area contributed by atoms with Crippen molar-refractivity contribution in [1.29, 1.82) is 0 Å². The number of nitrogens with zero attached hydrogens (tertiary/aromatic N) is 3. The van der Waals surface area contributed by atoms with Crippen molar-refractivity contribution in [3.63, 3.8) is 0 Å². The lowest BCUT2D eigenvalue weighted by molar-refractivity contribution is 0.344. The predicted octanol–water partition coefficient (Wildman–Crippen LogP) is 1.78. The van der Waals surface area contributed by atoms with Gasteiger partial charge in [-0.25, -0.2) is 4.98 Å². The average molecular weight is 263 g/mol. The normalized spacial score (nSPS) is 23.2. The number of hydrogen-bond donors (Lipinski definition) is 2. The molecule has 0 atom stereocenters. The van der Waals surface area contributed by atoms with E-state index in [0.29, 0.717) is 12.0 Å². The molecule has 0 aromatic carbocycles. The van der Waals surface area contributed by atoms with E-state index >= 15 is 0 Å². The van der Waals surface area contributed by atoms with Crippen molar-refractivity contribution in [2.45, 2.75) is 38.6 Å². The zero-order chi connectivity index (χ0) is 13.8. The van der Waals surface area contributed by atoms with Gasteiger partial charge in [0.25, 0.3) is 0 Å². The monoisotopic (exact) mass is 263 g/mol. The van der Waals surface area contributed by atoms with Gasteiger partial charge in [-0.1, -0.05) is 0 Å². The molecular weight excluding hydrogens is 238 g/mol. The van der Waals surface area contributed by atoms with Gasteiger partial charge in [-0.3, -0.25) is 0 Å². The van der Waals surface area contributed by atoms with Gasteiger partial charge in [0.1, 0.15) is 5.82 Å². The average Bonchev–Trinajstić information content (AvgIpc) is 2.41. The fraction of sp³-hybridized carbons (Fsp3) is 0.714. The van der Waals surface area contributed by atoms with Crippen LogP contribution in [0, 0.1) is 12.8 Å². The van der Waals surface area contributed by atoms with Crippen LogP contribution in [-0.2, 0) is 0 Å². The Kier molecular flexibility index (Phi) is 4.58. The first kappa shape index (κ1) is 14.1. The van der Waals surface area contributed by atoms with E-state index in [2.05, 4.69) is 15.3 Å². The van der Waals surface area contributed by atoms with Crippen molar-refractivity contribution in [1.82, 2.24) is 9.97 Å². The standard InChI is InChI=1S/C14H25N5/c1-10-9-16-14(18-13(10)19(2)3)17-12-6-4-11(8-15)5-7-12/h9,11-12H,4-8,15H2,1-3H3,(H,16,17,18). The number of aryl methyl sites for hydroxylation is 1. The minimum atomic E-state index is 0.487. The van der Waals surface area contributed by atoms with Crippen LogP contribution in [0.2, 0.25) is 0 Å². The van der Waals surface area contributed by atoms with Crippen molar-refractivity contribution < 1.29 is 0 Å². The predicted molar refractivity (Wildman–Crippen MR) is 79.5 cm³/mol. The molecule has 2 rings (SSSR count). The van der Waals surface area contributed by atoms with Crippen molar-refractivity contribution in [3.05, 3.63) is 11.8 Å². The topological polar surface area (TPSA) is 67.1 Å². The molecule has 1 aromatic heterocycles. The molecule has 0 saturated heterocycles. The first-order valence-corrected chi connectivity index (χ1v) is 7.07. The summed E-state index contributed by atoms with van der Waals surface area (Å²) < 4.78 is 0. The van der Waals surface area contributed by atoms with Gasteiger partial charge in [-0.15, -0.1) is 0 Å². The minimum Gasteiger partial charge on any atom is -0.362 e. The highest BCUT2D eigenvalue weighted by molar-refractivity contribution is 5.47. The summed E-state index contributed by atoms with van der Waals surface area (Å²) in [6.45, 7) is 2.85. The molecule has 19 heavy (non-hydrogen) atoms. The number of nitrogens with two attached hydrogens (primary N) is 1. The zero-order valence-electron chi connectivity index (χ0n) is 12.2. The zero-order valence-corrected chi connectivity index (χ0v) is 12.2. The van der Waals surface area contributed by atoms with Gasteiger partial charge in [0.2, 0.25) is 5.95 Å². The Labute approximate surface area is 115 Å². The maximum absolute atomic E-state index is 5.72. The van der Waals surface area contributed by atoms with Crippen LogP contribution >= 0.6 is 0 Å². The van der Waals surface area contributed by atoms with E-state index in [4.69, 9.17) is 5.73 Å². The third kappa shape index (κ3) is 3.56. The van der Waals surface area contributed by atoms with E-state index in [9.17, 15) is 0 Å². The molecule has 5 heteroatoms. The summed E-state index contributed by atoms with van der Waals surface area (Å²) in [5.41, 5.74) is 6.82. The van der Waals surface area contributed by atoms with E-state index < -0.39 is 0 Å². The van der Waals surface area contributed by atoms with Gasteiger partial charge >= 0.3 is 0 Å². The van der Waals surface area contributed by atoms with Crippen LogP contribution in [0.5, 0.6) is 0 Å². The fourth-order valence-electron chi connectivity index (χ4n) is 2.68. The Morgan fingerprint density at radius 1 is 1.32 bits per heavy atom. The Bertz CT molecular complexity index is 410. The van der Waals surface area contributed by atoms with Gasteiger partial charge in [0.05, 0.1) is 0 Å². The molecule has 0 radical (unpaired) electrons. The molecule has 1 aliphatic carbocycles. The Hall–Kier alpha value is -1.36. The van der Waals surface area contributed by atoms with Gasteiger partial charge < -0.3 is 16.0 Å². The highest BCUT2D eigenvalue weighted by Crippen LogP contribution is 2.25. The third-order valence-electron chi connectivity index (χ3n) is 3.88. The molecule has 0 aliphatic heterocycles. The van der Waals surface area contributed by atoms with Crippen LogP contribution in [0.3, 0.4) is 0 Å². The second kappa shape index (κ2) is 6.19. The number of rotatable bonds is 4. The van der Waals surface area contributed by atoms with E-state index in [-0.39, 0.29) is 0 Å². The Morgan fingerprint density at radius 3 is 2.58 bits per heavy atom. The van der Waals surface area contributed by atoms with Gasteiger partial charge in [-0.2, -0.15) is 4.98 Å². The molecule has 1 fully saturated rings. The van der Waals surface area contributed by atoms with Gasteiger partial charge in [-0.05, 0) is 45.1 Å². The summed E-state index contributed by atoms with van der Waals surface area (Å²) in [6.07, 6.45) is 6.63. The maximum atomic E-state index is 5.72. The van der Waals surface area contributed by atoms with E-state index in [1.54, 1.807) is 0 Å². The number of aromatic nitrogens is 2. The molecule has 1 aromatic rings. The molecule has 1 saturated carbocycles. The van der Waals surface area contributed by atoms with Crippen molar-refractivity contribution in [3.8, 4) is 0 Å². The van der Waals surface area contributed by atoms with Crippen molar-refractivity contribution >= 4 is 11.8 Å². The largest absolute Gasteiger partial charge is 0.362 e. The van der Waals surface area contributed by atoms with E-state index in [1.165, 1.54) is 12.8 Å². The molecule has 3 N–H and O–H groups in total. The van der Waals surface area contributed by atoms with E-state index in [0.717, 1.165) is 36.7 Å².